The summed E-state index contributed by atoms with van der Waals surface area (Å²) in [6.07, 6.45) is 74.7. The van der Waals surface area contributed by atoms with E-state index < -0.39 is 97.5 Å². The Kier molecular flexibility index (Phi) is 65.3. The molecule has 0 heterocycles. The minimum atomic E-state index is -4.99. The lowest BCUT2D eigenvalue weighted by Crippen LogP contribution is -2.30. The zero-order valence-electron chi connectivity index (χ0n) is 59.5. The summed E-state index contributed by atoms with van der Waals surface area (Å²) in [5, 5.41) is 10.6. The van der Waals surface area contributed by atoms with Crippen LogP contribution in [0.5, 0.6) is 0 Å². The Morgan fingerprint density at radius 3 is 0.927 bits per heavy atom. The van der Waals surface area contributed by atoms with E-state index in [0.29, 0.717) is 32.1 Å². The first-order valence-electron chi connectivity index (χ1n) is 36.4. The van der Waals surface area contributed by atoms with Gasteiger partial charge >= 0.3 is 39.5 Å². The standard InChI is InChI=1S/C77H128O17P2/c1-5-9-13-17-21-25-29-32-34-35-37-40-43-46-50-54-58-62-75(80)88-68-73(94-77(82)64-60-56-52-48-44-38-31-27-23-19-15-11-7-3)70-92-96(85,86)90-66-71(78)65-89-95(83,84)91-69-72(93-76(81)63-59-55-51-47-41-28-24-20-16-12-8-4)67-87-74(79)61-57-53-49-45-42-39-36-33-30-26-22-18-14-10-6-2/h9-10,13-15,19-22,24-27,31-34,36-37,40,46,50,71-73,78H,5-8,11-12,16-18,23,28-30,35,38-39,41-45,47-49,51-70H2,1-4H3,(H,83,84)(H,85,86)/b13-9-,14-10-,19-15-,24-20-,25-21-,26-22-,31-27-,34-32-,36-33-,40-37-,50-46-. The SMILES string of the molecule is CC/C=C\C/C=C\C/C=C\C/C=C\C/C=C\CCCC(=O)OCC(COP(=O)(O)OCC(O)COP(=O)(O)OCC(COC(=O)CCCCCCC/C=C\C/C=C\C/C=C\CC)OC(=O)CCCCCCC/C=C\CCCC)OC(=O)CCCCCCC/C=C\C/C=C\CCC. The largest absolute Gasteiger partial charge is 0.472 e. The van der Waals surface area contributed by atoms with Crippen molar-refractivity contribution in [3.05, 3.63) is 134 Å². The van der Waals surface area contributed by atoms with Crippen molar-refractivity contribution >= 4 is 39.5 Å². The maximum atomic E-state index is 13.0. The summed E-state index contributed by atoms with van der Waals surface area (Å²) in [5.74, 6) is -2.30. The van der Waals surface area contributed by atoms with E-state index in [2.05, 4.69) is 149 Å². The molecule has 5 atom stereocenters. The van der Waals surface area contributed by atoms with Crippen molar-refractivity contribution in [2.75, 3.05) is 39.6 Å². The molecule has 0 fully saturated rings. The number of phosphoric acid groups is 2. The topological polar surface area (TPSA) is 237 Å². The first-order valence-corrected chi connectivity index (χ1v) is 39.4. The smallest absolute Gasteiger partial charge is 0.462 e. The number of aliphatic hydroxyl groups excluding tert-OH is 1. The molecular formula is C77H128O17P2. The molecule has 17 nitrogen and oxygen atoms in total. The van der Waals surface area contributed by atoms with Crippen molar-refractivity contribution in [1.29, 1.82) is 0 Å². The van der Waals surface area contributed by atoms with Gasteiger partial charge in [0, 0.05) is 25.7 Å². The van der Waals surface area contributed by atoms with Crippen molar-refractivity contribution in [2.24, 2.45) is 0 Å². The Hall–Kier alpha value is -4.80. The average Bonchev–Trinajstić information content (AvgIpc) is 1.17. The molecule has 3 N–H and O–H groups in total. The van der Waals surface area contributed by atoms with E-state index in [-0.39, 0.29) is 25.7 Å². The zero-order valence-corrected chi connectivity index (χ0v) is 61.3. The van der Waals surface area contributed by atoms with Crippen molar-refractivity contribution in [2.45, 2.75) is 290 Å². The Morgan fingerprint density at radius 2 is 0.573 bits per heavy atom. The summed E-state index contributed by atoms with van der Waals surface area (Å²) in [7, 11) is -9.97. The van der Waals surface area contributed by atoms with Crippen molar-refractivity contribution in [3.8, 4) is 0 Å². The molecule has 0 radical (unpaired) electrons. The van der Waals surface area contributed by atoms with Gasteiger partial charge in [0.25, 0.3) is 0 Å². The Morgan fingerprint density at radius 1 is 0.302 bits per heavy atom. The van der Waals surface area contributed by atoms with E-state index in [4.69, 9.17) is 37.0 Å². The number of carbonyl (C=O) groups is 4. The average molecular weight is 1390 g/mol. The van der Waals surface area contributed by atoms with E-state index in [0.717, 1.165) is 173 Å². The molecule has 0 amide bonds. The molecule has 0 aromatic rings. The van der Waals surface area contributed by atoms with E-state index in [1.807, 2.05) is 12.2 Å². The molecule has 0 spiro atoms. The molecule has 0 aromatic carbocycles. The van der Waals surface area contributed by atoms with E-state index in [9.17, 15) is 43.2 Å². The van der Waals surface area contributed by atoms with Gasteiger partial charge in [0.1, 0.15) is 19.3 Å². The van der Waals surface area contributed by atoms with Crippen LogP contribution < -0.4 is 0 Å². The molecular weight excluding hydrogens is 1260 g/mol. The number of carbonyl (C=O) groups excluding carboxylic acids is 4. The van der Waals surface area contributed by atoms with E-state index in [1.54, 1.807) is 0 Å². The number of hydrogen-bond acceptors (Lipinski definition) is 15. The molecule has 96 heavy (non-hydrogen) atoms. The van der Waals surface area contributed by atoms with Crippen LogP contribution in [-0.2, 0) is 65.4 Å². The number of allylic oxidation sites excluding steroid dienone is 22. The summed E-state index contributed by atoms with van der Waals surface area (Å²) in [6.45, 7) is 4.40. The highest BCUT2D eigenvalue weighted by Crippen LogP contribution is 2.45. The van der Waals surface area contributed by atoms with Crippen LogP contribution in [-0.4, -0.2) is 96.7 Å². The lowest BCUT2D eigenvalue weighted by atomic mass is 10.1. The minimum absolute atomic E-state index is 0.0627. The number of phosphoric ester groups is 2. The lowest BCUT2D eigenvalue weighted by Gasteiger charge is -2.21. The molecule has 5 unspecified atom stereocenters. The summed E-state index contributed by atoms with van der Waals surface area (Å²) < 4.78 is 68.2. The van der Waals surface area contributed by atoms with Crippen LogP contribution in [0.3, 0.4) is 0 Å². The first-order chi connectivity index (χ1) is 46.7. The third kappa shape index (κ3) is 67.8. The predicted octanol–water partition coefficient (Wildman–Crippen LogP) is 20.5. The summed E-state index contributed by atoms with van der Waals surface area (Å²) in [4.78, 5) is 72.6. The molecule has 0 rings (SSSR count). The van der Waals surface area contributed by atoms with E-state index >= 15 is 0 Å². The fourth-order valence-electron chi connectivity index (χ4n) is 9.05. The summed E-state index contributed by atoms with van der Waals surface area (Å²) in [5.41, 5.74) is 0. The fraction of sp³-hybridized carbons (Fsp3) is 0.662. The van der Waals surface area contributed by atoms with Gasteiger partial charge in [-0.2, -0.15) is 0 Å². The van der Waals surface area contributed by atoms with Crippen molar-refractivity contribution in [3.63, 3.8) is 0 Å². The Labute approximate surface area is 580 Å². The highest BCUT2D eigenvalue weighted by atomic mass is 31.2. The van der Waals surface area contributed by atoms with Gasteiger partial charge in [0.05, 0.1) is 26.4 Å². The van der Waals surface area contributed by atoms with Crippen LogP contribution in [0.4, 0.5) is 0 Å². The van der Waals surface area contributed by atoms with Gasteiger partial charge in [-0.1, -0.05) is 238 Å². The van der Waals surface area contributed by atoms with Gasteiger partial charge in [0.2, 0.25) is 0 Å². The van der Waals surface area contributed by atoms with Crippen LogP contribution in [0.2, 0.25) is 0 Å². The monoisotopic (exact) mass is 1390 g/mol. The number of rotatable bonds is 67. The van der Waals surface area contributed by atoms with Crippen LogP contribution in [0.1, 0.15) is 272 Å². The van der Waals surface area contributed by atoms with Crippen LogP contribution >= 0.6 is 15.6 Å². The number of aliphatic hydroxyl groups is 1. The van der Waals surface area contributed by atoms with Gasteiger partial charge in [-0.3, -0.25) is 37.3 Å². The highest BCUT2D eigenvalue weighted by molar-refractivity contribution is 7.47. The number of ether oxygens (including phenoxy) is 4. The molecule has 0 aliphatic carbocycles. The maximum absolute atomic E-state index is 13.0. The molecule has 0 aromatic heterocycles. The van der Waals surface area contributed by atoms with Gasteiger partial charge in [-0.25, -0.2) is 9.13 Å². The minimum Gasteiger partial charge on any atom is -0.462 e. The van der Waals surface area contributed by atoms with Gasteiger partial charge in [0.15, 0.2) is 12.2 Å². The van der Waals surface area contributed by atoms with Crippen molar-refractivity contribution < 1.29 is 80.2 Å². The predicted molar refractivity (Wildman–Crippen MR) is 390 cm³/mol. The van der Waals surface area contributed by atoms with Crippen molar-refractivity contribution in [1.82, 2.24) is 0 Å². The quantitative estimate of drug-likeness (QED) is 0.0169. The highest BCUT2D eigenvalue weighted by Gasteiger charge is 2.30. The van der Waals surface area contributed by atoms with Crippen LogP contribution in [0.15, 0.2) is 134 Å². The van der Waals surface area contributed by atoms with Crippen LogP contribution in [0, 0.1) is 0 Å². The first kappa shape index (κ1) is 91.2. The second kappa shape index (κ2) is 68.7. The fourth-order valence-corrected chi connectivity index (χ4v) is 10.6. The number of unbranched alkanes of at least 4 members (excludes halogenated alkanes) is 19. The number of hydrogen-bond donors (Lipinski definition) is 3. The third-order valence-corrected chi connectivity index (χ3v) is 16.5. The lowest BCUT2D eigenvalue weighted by molar-refractivity contribution is -0.161. The number of esters is 4. The second-order valence-electron chi connectivity index (χ2n) is 23.8. The normalized spacial score (nSPS) is 14.8. The van der Waals surface area contributed by atoms with E-state index in [1.165, 1.54) is 12.8 Å². The second-order valence-corrected chi connectivity index (χ2v) is 26.7. The molecule has 0 saturated carbocycles. The zero-order chi connectivity index (χ0) is 70.4. The summed E-state index contributed by atoms with van der Waals surface area (Å²) >= 11 is 0. The molecule has 0 saturated heterocycles. The third-order valence-electron chi connectivity index (χ3n) is 14.6. The Bertz CT molecular complexity index is 2350. The molecule has 0 bridgehead atoms. The van der Waals surface area contributed by atoms with Crippen LogP contribution in [0.25, 0.3) is 0 Å². The molecule has 548 valence electrons. The van der Waals surface area contributed by atoms with Gasteiger partial charge in [-0.15, -0.1) is 0 Å². The van der Waals surface area contributed by atoms with Gasteiger partial charge in [-0.05, 0) is 141 Å². The molecule has 0 aliphatic rings. The molecule has 0 aliphatic heterocycles. The Balaban J connectivity index is 5.40. The molecule has 19 heteroatoms. The van der Waals surface area contributed by atoms with Gasteiger partial charge < -0.3 is 33.8 Å². The maximum Gasteiger partial charge on any atom is 0.472 e. The summed E-state index contributed by atoms with van der Waals surface area (Å²) in [6, 6.07) is 0.